The molecule has 0 unspecified atom stereocenters. The molecule has 2 aromatic heterocycles. The monoisotopic (exact) mass is 414 g/mol. The summed E-state index contributed by atoms with van der Waals surface area (Å²) in [5.41, 5.74) is 2.92. The first-order valence-corrected chi connectivity index (χ1v) is 9.59. The maximum atomic E-state index is 6.32. The number of hydrogen-bond donors (Lipinski definition) is 0. The van der Waals surface area contributed by atoms with Crippen molar-refractivity contribution in [1.82, 2.24) is 19.9 Å². The summed E-state index contributed by atoms with van der Waals surface area (Å²) >= 11 is 6.32. The van der Waals surface area contributed by atoms with Crippen molar-refractivity contribution in [1.29, 1.82) is 0 Å². The van der Waals surface area contributed by atoms with Gasteiger partial charge in [-0.3, -0.25) is 0 Å². The van der Waals surface area contributed by atoms with Crippen molar-refractivity contribution in [3.8, 4) is 23.5 Å². The van der Waals surface area contributed by atoms with Gasteiger partial charge in [0.15, 0.2) is 0 Å². The van der Waals surface area contributed by atoms with E-state index in [1.54, 1.807) is 6.07 Å². The summed E-state index contributed by atoms with van der Waals surface area (Å²) in [6.07, 6.45) is 2.65. The number of nitrogens with zero attached hydrogens (tertiary/aromatic N) is 4. The van der Waals surface area contributed by atoms with Crippen LogP contribution in [0.5, 0.6) is 23.5 Å². The number of rotatable bonds is 8. The van der Waals surface area contributed by atoms with Crippen LogP contribution < -0.4 is 14.2 Å². The molecule has 0 radical (unpaired) electrons. The Morgan fingerprint density at radius 3 is 2.14 bits per heavy atom. The third kappa shape index (κ3) is 5.54. The van der Waals surface area contributed by atoms with Crippen molar-refractivity contribution in [3.05, 3.63) is 58.1 Å². The third-order valence-corrected chi connectivity index (χ3v) is 4.78. The van der Waals surface area contributed by atoms with Crippen molar-refractivity contribution in [2.24, 2.45) is 0 Å². The molecule has 0 saturated heterocycles. The molecule has 0 aliphatic heterocycles. The molecule has 0 fully saturated rings. The van der Waals surface area contributed by atoms with Crippen LogP contribution in [0.3, 0.4) is 0 Å². The van der Waals surface area contributed by atoms with Crippen LogP contribution in [0.25, 0.3) is 0 Å². The number of hydrogen-bond acceptors (Lipinski definition) is 7. The molecule has 152 valence electrons. The number of benzene rings is 1. The minimum absolute atomic E-state index is 0.165. The molecule has 1 aromatic carbocycles. The Labute approximate surface area is 175 Å². The van der Waals surface area contributed by atoms with E-state index < -0.39 is 0 Å². The Bertz CT molecular complexity index is 958. The number of methoxy groups -OCH3 is 2. The maximum Gasteiger partial charge on any atom is 0.328 e. The first-order valence-electron chi connectivity index (χ1n) is 9.22. The lowest BCUT2D eigenvalue weighted by atomic mass is 10.1. The van der Waals surface area contributed by atoms with Gasteiger partial charge in [0.25, 0.3) is 0 Å². The molecule has 29 heavy (non-hydrogen) atoms. The van der Waals surface area contributed by atoms with E-state index in [1.807, 2.05) is 38.1 Å². The van der Waals surface area contributed by atoms with E-state index in [4.69, 9.17) is 25.8 Å². The fourth-order valence-electron chi connectivity index (χ4n) is 2.86. The Morgan fingerprint density at radius 2 is 1.52 bits per heavy atom. The van der Waals surface area contributed by atoms with E-state index in [9.17, 15) is 0 Å². The van der Waals surface area contributed by atoms with E-state index in [1.165, 1.54) is 19.8 Å². The smallest absolute Gasteiger partial charge is 0.328 e. The SMILES string of the molecule is COc1cc(OC)nc(Oc2ccc(CCCc3nc(C)nc(C)c3Cl)cc2)n1. The van der Waals surface area contributed by atoms with Crippen molar-refractivity contribution in [2.45, 2.75) is 33.1 Å². The van der Waals surface area contributed by atoms with E-state index in [0.29, 0.717) is 22.5 Å². The summed E-state index contributed by atoms with van der Waals surface area (Å²) in [6, 6.07) is 9.56. The number of halogens is 1. The predicted molar refractivity (Wildman–Crippen MR) is 110 cm³/mol. The Morgan fingerprint density at radius 1 is 0.862 bits per heavy atom. The molecule has 0 amide bonds. The average molecular weight is 415 g/mol. The van der Waals surface area contributed by atoms with Gasteiger partial charge in [-0.25, -0.2) is 9.97 Å². The van der Waals surface area contributed by atoms with Gasteiger partial charge in [-0.1, -0.05) is 23.7 Å². The van der Waals surface area contributed by atoms with E-state index in [2.05, 4.69) is 19.9 Å². The van der Waals surface area contributed by atoms with E-state index in [-0.39, 0.29) is 6.01 Å². The summed E-state index contributed by atoms with van der Waals surface area (Å²) in [4.78, 5) is 17.1. The summed E-state index contributed by atoms with van der Waals surface area (Å²) < 4.78 is 16.0. The lowest BCUT2D eigenvalue weighted by Crippen LogP contribution is -2.01. The van der Waals surface area contributed by atoms with Crippen molar-refractivity contribution >= 4 is 11.6 Å². The van der Waals surface area contributed by atoms with Crippen LogP contribution in [0.15, 0.2) is 30.3 Å². The first kappa shape index (κ1) is 20.8. The average Bonchev–Trinajstić information content (AvgIpc) is 2.72. The zero-order valence-electron chi connectivity index (χ0n) is 16.9. The highest BCUT2D eigenvalue weighted by Gasteiger charge is 2.09. The van der Waals surface area contributed by atoms with Crippen LogP contribution >= 0.6 is 11.6 Å². The fourth-order valence-corrected chi connectivity index (χ4v) is 3.04. The molecular weight excluding hydrogens is 392 g/mol. The van der Waals surface area contributed by atoms with Crippen LogP contribution in [0, 0.1) is 13.8 Å². The number of aryl methyl sites for hydroxylation is 4. The molecule has 2 heterocycles. The van der Waals surface area contributed by atoms with Crippen LogP contribution in [0.2, 0.25) is 5.02 Å². The highest BCUT2D eigenvalue weighted by atomic mass is 35.5. The standard InChI is InChI=1S/C21H23ClN4O3/c1-13-20(22)17(24-14(2)23-13)7-5-6-15-8-10-16(11-9-15)29-21-25-18(27-3)12-19(26-21)28-4/h8-12H,5-7H2,1-4H3. The van der Waals surface area contributed by atoms with Gasteiger partial charge in [0, 0.05) is 0 Å². The zero-order chi connectivity index (χ0) is 20.8. The zero-order valence-corrected chi connectivity index (χ0v) is 17.7. The summed E-state index contributed by atoms with van der Waals surface area (Å²) in [5.74, 6) is 2.13. The number of ether oxygens (including phenoxy) is 3. The van der Waals surface area contributed by atoms with Crippen LogP contribution in [-0.4, -0.2) is 34.2 Å². The van der Waals surface area contributed by atoms with Gasteiger partial charge in [-0.15, -0.1) is 0 Å². The second kappa shape index (κ2) is 9.52. The molecule has 3 aromatic rings. The molecule has 0 spiro atoms. The second-order valence-electron chi connectivity index (χ2n) is 6.45. The van der Waals surface area contributed by atoms with Gasteiger partial charge in [0.05, 0.1) is 36.7 Å². The van der Waals surface area contributed by atoms with Crippen LogP contribution in [0.4, 0.5) is 0 Å². The summed E-state index contributed by atoms with van der Waals surface area (Å²) in [5, 5.41) is 0.660. The molecule has 7 nitrogen and oxygen atoms in total. The van der Waals surface area contributed by atoms with Crippen molar-refractivity contribution < 1.29 is 14.2 Å². The molecule has 8 heteroatoms. The largest absolute Gasteiger partial charge is 0.481 e. The first-order chi connectivity index (χ1) is 14.0. The highest BCUT2D eigenvalue weighted by Crippen LogP contribution is 2.24. The van der Waals surface area contributed by atoms with E-state index >= 15 is 0 Å². The Balaban J connectivity index is 1.59. The minimum atomic E-state index is 0.165. The quantitative estimate of drug-likeness (QED) is 0.536. The van der Waals surface area contributed by atoms with Crippen molar-refractivity contribution in [2.75, 3.05) is 14.2 Å². The van der Waals surface area contributed by atoms with Gasteiger partial charge in [0.2, 0.25) is 11.8 Å². The summed E-state index contributed by atoms with van der Waals surface area (Å²) in [6.45, 7) is 3.79. The highest BCUT2D eigenvalue weighted by molar-refractivity contribution is 6.31. The molecule has 3 rings (SSSR count). The molecular formula is C21H23ClN4O3. The third-order valence-electron chi connectivity index (χ3n) is 4.29. The minimum Gasteiger partial charge on any atom is -0.481 e. The Hall–Kier alpha value is -2.93. The molecule has 0 aliphatic rings. The molecule has 0 atom stereocenters. The lowest BCUT2D eigenvalue weighted by molar-refractivity contribution is 0.348. The molecule has 0 N–H and O–H groups in total. The van der Waals surface area contributed by atoms with Gasteiger partial charge in [-0.2, -0.15) is 9.97 Å². The molecule has 0 bridgehead atoms. The molecule has 0 aliphatic carbocycles. The maximum absolute atomic E-state index is 6.32. The van der Waals surface area contributed by atoms with Crippen LogP contribution in [0.1, 0.15) is 29.2 Å². The molecule has 0 saturated carbocycles. The topological polar surface area (TPSA) is 79.2 Å². The second-order valence-corrected chi connectivity index (χ2v) is 6.83. The van der Waals surface area contributed by atoms with Gasteiger partial charge < -0.3 is 14.2 Å². The van der Waals surface area contributed by atoms with Crippen LogP contribution in [-0.2, 0) is 12.8 Å². The fraction of sp³-hybridized carbons (Fsp3) is 0.333. The van der Waals surface area contributed by atoms with Gasteiger partial charge >= 0.3 is 6.01 Å². The van der Waals surface area contributed by atoms with Gasteiger partial charge in [0.1, 0.15) is 11.6 Å². The number of aromatic nitrogens is 4. The van der Waals surface area contributed by atoms with E-state index in [0.717, 1.165) is 36.5 Å². The lowest BCUT2D eigenvalue weighted by Gasteiger charge is -2.09. The van der Waals surface area contributed by atoms with Crippen molar-refractivity contribution in [3.63, 3.8) is 0 Å². The summed E-state index contributed by atoms with van der Waals surface area (Å²) in [7, 11) is 3.05. The Kier molecular flexibility index (Phi) is 6.82. The van der Waals surface area contributed by atoms with Gasteiger partial charge in [-0.05, 0) is 50.8 Å². The normalized spacial score (nSPS) is 10.7. The predicted octanol–water partition coefficient (Wildman–Crippen LogP) is 4.52.